The maximum absolute atomic E-state index is 8.72. The van der Waals surface area contributed by atoms with Crippen molar-refractivity contribution in [3.8, 4) is 11.5 Å². The summed E-state index contributed by atoms with van der Waals surface area (Å²) in [5, 5.41) is 14.7. The molecule has 0 amide bonds. The fraction of sp³-hybridized carbons (Fsp3) is 0.125. The molecule has 0 fully saturated rings. The number of rotatable bonds is 4. The van der Waals surface area contributed by atoms with E-state index in [0.29, 0.717) is 28.9 Å². The number of anilines is 2. The third-order valence-electron chi connectivity index (χ3n) is 3.35. The number of hydrogen-bond acceptors (Lipinski definition) is 7. The third-order valence-corrected chi connectivity index (χ3v) is 3.35. The summed E-state index contributed by atoms with van der Waals surface area (Å²) in [6, 6.07) is 5.95. The summed E-state index contributed by atoms with van der Waals surface area (Å²) in [7, 11) is 0. The minimum atomic E-state index is -0.0390. The van der Waals surface area contributed by atoms with Crippen LogP contribution in [0.1, 0.15) is 16.8 Å². The van der Waals surface area contributed by atoms with Crippen molar-refractivity contribution in [3.05, 3.63) is 53.6 Å². The van der Waals surface area contributed by atoms with E-state index in [9.17, 15) is 0 Å². The Bertz CT molecular complexity index is 886. The first-order valence-electron chi connectivity index (χ1n) is 7.17. The molecule has 0 unspecified atom stereocenters. The number of hydrogen-bond donors (Lipinski definition) is 3. The minimum absolute atomic E-state index is 0.0390. The standard InChI is InChI=1S/C16H16N6O2/c1-9-3-4-12(18-6-9)13-8-20-16(24-13)21-11-5-10(2)14(19-7-11)15(17)22-23/h3-8,23H,1-2H3,(H2,17,22)(H,20,21). The highest BCUT2D eigenvalue weighted by molar-refractivity contribution is 5.96. The van der Waals surface area contributed by atoms with Gasteiger partial charge in [-0.1, -0.05) is 11.2 Å². The van der Waals surface area contributed by atoms with Crippen LogP contribution in [0.3, 0.4) is 0 Å². The van der Waals surface area contributed by atoms with Gasteiger partial charge < -0.3 is 20.7 Å². The van der Waals surface area contributed by atoms with E-state index in [2.05, 4.69) is 25.4 Å². The lowest BCUT2D eigenvalue weighted by Gasteiger charge is -2.06. The molecule has 8 nitrogen and oxygen atoms in total. The van der Waals surface area contributed by atoms with Crippen molar-refractivity contribution in [2.45, 2.75) is 13.8 Å². The normalized spacial score (nSPS) is 11.5. The molecule has 0 saturated heterocycles. The SMILES string of the molecule is Cc1ccc(-c2cnc(Nc3cnc(/C(N)=N/O)c(C)c3)o2)nc1. The fourth-order valence-electron chi connectivity index (χ4n) is 2.15. The van der Waals surface area contributed by atoms with Crippen molar-refractivity contribution in [1.29, 1.82) is 0 Å². The van der Waals surface area contributed by atoms with Gasteiger partial charge in [-0.2, -0.15) is 0 Å². The molecule has 0 spiro atoms. The molecule has 0 saturated carbocycles. The van der Waals surface area contributed by atoms with E-state index in [1.807, 2.05) is 26.0 Å². The minimum Gasteiger partial charge on any atom is -0.422 e. The molecule has 3 rings (SSSR count). The lowest BCUT2D eigenvalue weighted by molar-refractivity contribution is 0.318. The number of nitrogens with two attached hydrogens (primary N) is 1. The maximum atomic E-state index is 8.72. The van der Waals surface area contributed by atoms with Crippen molar-refractivity contribution >= 4 is 17.5 Å². The smallest absolute Gasteiger partial charge is 0.299 e. The molecular formula is C16H16N6O2. The summed E-state index contributed by atoms with van der Waals surface area (Å²) >= 11 is 0. The molecule has 122 valence electrons. The number of oxazole rings is 1. The predicted octanol–water partition coefficient (Wildman–Crippen LogP) is 2.59. The Labute approximate surface area is 138 Å². The maximum Gasteiger partial charge on any atom is 0.299 e. The zero-order valence-electron chi connectivity index (χ0n) is 13.2. The average Bonchev–Trinajstić information content (AvgIpc) is 3.03. The van der Waals surface area contributed by atoms with Gasteiger partial charge in [-0.3, -0.25) is 9.97 Å². The van der Waals surface area contributed by atoms with Crippen LogP contribution in [0.15, 0.2) is 46.4 Å². The van der Waals surface area contributed by atoms with Crippen molar-refractivity contribution in [2.24, 2.45) is 10.9 Å². The Balaban J connectivity index is 1.80. The van der Waals surface area contributed by atoms with Crippen molar-refractivity contribution in [3.63, 3.8) is 0 Å². The zero-order valence-corrected chi connectivity index (χ0v) is 13.2. The highest BCUT2D eigenvalue weighted by atomic mass is 16.4. The first kappa shape index (κ1) is 15.5. The first-order chi connectivity index (χ1) is 11.6. The number of aryl methyl sites for hydroxylation is 2. The van der Waals surface area contributed by atoms with Crippen LogP contribution < -0.4 is 11.1 Å². The molecule has 0 aliphatic rings. The van der Waals surface area contributed by atoms with Gasteiger partial charge in [-0.05, 0) is 37.1 Å². The van der Waals surface area contributed by atoms with Gasteiger partial charge in [0, 0.05) is 6.20 Å². The van der Waals surface area contributed by atoms with Crippen LogP contribution in [0, 0.1) is 13.8 Å². The summed E-state index contributed by atoms with van der Waals surface area (Å²) in [4.78, 5) is 12.6. The Morgan fingerprint density at radius 2 is 2.00 bits per heavy atom. The van der Waals surface area contributed by atoms with E-state index in [4.69, 9.17) is 15.4 Å². The van der Waals surface area contributed by atoms with E-state index in [0.717, 1.165) is 11.1 Å². The monoisotopic (exact) mass is 324 g/mol. The number of nitrogens with one attached hydrogen (secondary N) is 1. The molecule has 4 N–H and O–H groups in total. The van der Waals surface area contributed by atoms with Crippen molar-refractivity contribution < 1.29 is 9.62 Å². The average molecular weight is 324 g/mol. The number of amidine groups is 1. The molecular weight excluding hydrogens is 308 g/mol. The van der Waals surface area contributed by atoms with Crippen LogP contribution in [0.4, 0.5) is 11.7 Å². The fourth-order valence-corrected chi connectivity index (χ4v) is 2.15. The Hall–Kier alpha value is -3.42. The molecule has 0 aromatic carbocycles. The predicted molar refractivity (Wildman–Crippen MR) is 89.2 cm³/mol. The Morgan fingerprint density at radius 1 is 1.17 bits per heavy atom. The van der Waals surface area contributed by atoms with Crippen LogP contribution in [0.25, 0.3) is 11.5 Å². The molecule has 0 aliphatic heterocycles. The molecule has 3 aromatic heterocycles. The topological polar surface area (TPSA) is 122 Å². The molecule has 0 atom stereocenters. The molecule has 0 aliphatic carbocycles. The van der Waals surface area contributed by atoms with E-state index in [-0.39, 0.29) is 5.84 Å². The van der Waals surface area contributed by atoms with Crippen molar-refractivity contribution in [2.75, 3.05) is 5.32 Å². The van der Waals surface area contributed by atoms with Gasteiger partial charge in [0.1, 0.15) is 11.4 Å². The van der Waals surface area contributed by atoms with Crippen LogP contribution in [-0.2, 0) is 0 Å². The van der Waals surface area contributed by atoms with E-state index in [1.165, 1.54) is 0 Å². The lowest BCUT2D eigenvalue weighted by Crippen LogP contribution is -2.16. The molecule has 3 heterocycles. The molecule has 24 heavy (non-hydrogen) atoms. The number of oxime groups is 1. The van der Waals surface area contributed by atoms with Crippen LogP contribution >= 0.6 is 0 Å². The number of nitrogens with zero attached hydrogens (tertiary/aromatic N) is 4. The summed E-state index contributed by atoms with van der Waals surface area (Å²) < 4.78 is 5.65. The summed E-state index contributed by atoms with van der Waals surface area (Å²) in [6.45, 7) is 3.78. The van der Waals surface area contributed by atoms with E-state index >= 15 is 0 Å². The largest absolute Gasteiger partial charge is 0.422 e. The van der Waals surface area contributed by atoms with Gasteiger partial charge in [0.25, 0.3) is 6.01 Å². The van der Waals surface area contributed by atoms with Gasteiger partial charge in [0.15, 0.2) is 11.6 Å². The van der Waals surface area contributed by atoms with E-state index < -0.39 is 0 Å². The van der Waals surface area contributed by atoms with Gasteiger partial charge >= 0.3 is 0 Å². The highest BCUT2D eigenvalue weighted by Crippen LogP contribution is 2.23. The molecule has 0 radical (unpaired) electrons. The zero-order chi connectivity index (χ0) is 17.1. The summed E-state index contributed by atoms with van der Waals surface area (Å²) in [6.07, 6.45) is 4.92. The van der Waals surface area contributed by atoms with Crippen LogP contribution in [0.2, 0.25) is 0 Å². The number of aromatic nitrogens is 3. The quantitative estimate of drug-likeness (QED) is 0.292. The Morgan fingerprint density at radius 3 is 2.67 bits per heavy atom. The molecule has 3 aromatic rings. The second-order valence-corrected chi connectivity index (χ2v) is 5.25. The van der Waals surface area contributed by atoms with Crippen molar-refractivity contribution in [1.82, 2.24) is 15.0 Å². The van der Waals surface area contributed by atoms with Gasteiger partial charge in [0.05, 0.1) is 18.1 Å². The summed E-state index contributed by atoms with van der Waals surface area (Å²) in [5.41, 5.74) is 9.18. The summed E-state index contributed by atoms with van der Waals surface area (Å²) in [5.74, 6) is 0.526. The molecule has 8 heteroatoms. The first-order valence-corrected chi connectivity index (χ1v) is 7.17. The van der Waals surface area contributed by atoms with Gasteiger partial charge in [-0.25, -0.2) is 4.98 Å². The Kier molecular flexibility index (Phi) is 4.11. The third kappa shape index (κ3) is 3.17. The van der Waals surface area contributed by atoms with Crippen LogP contribution in [0.5, 0.6) is 0 Å². The van der Waals surface area contributed by atoms with Gasteiger partial charge in [-0.15, -0.1) is 0 Å². The molecule has 0 bridgehead atoms. The second kappa shape index (κ2) is 6.37. The number of pyridine rings is 2. The van der Waals surface area contributed by atoms with Crippen LogP contribution in [-0.4, -0.2) is 26.0 Å². The second-order valence-electron chi connectivity index (χ2n) is 5.25. The lowest BCUT2D eigenvalue weighted by atomic mass is 10.2. The van der Waals surface area contributed by atoms with E-state index in [1.54, 1.807) is 24.7 Å². The highest BCUT2D eigenvalue weighted by Gasteiger charge is 2.10. The van der Waals surface area contributed by atoms with Gasteiger partial charge in [0.2, 0.25) is 0 Å².